The average Bonchev–Trinajstić information content (AvgIpc) is 3.18. The molecule has 0 aromatic carbocycles. The predicted octanol–water partition coefficient (Wildman–Crippen LogP) is -5.73. The van der Waals surface area contributed by atoms with Crippen LogP contribution in [0.2, 0.25) is 0 Å². The number of aliphatic hydroxyl groups is 1. The highest BCUT2D eigenvalue weighted by molar-refractivity contribution is 5.97. The van der Waals surface area contributed by atoms with Gasteiger partial charge in [-0.15, -0.1) is 0 Å². The first kappa shape index (κ1) is 55.0. The first-order valence-electron chi connectivity index (χ1n) is 20.5. The van der Waals surface area contributed by atoms with Crippen LogP contribution in [-0.2, 0) is 43.2 Å². The Labute approximate surface area is 351 Å². The molecule has 0 spiro atoms. The minimum absolute atomic E-state index is 0.0315. The summed E-state index contributed by atoms with van der Waals surface area (Å²) in [6.45, 7) is 9.32. The van der Waals surface area contributed by atoms with E-state index in [1.54, 1.807) is 34.6 Å². The van der Waals surface area contributed by atoms with Crippen molar-refractivity contribution >= 4 is 53.2 Å². The number of nitrogens with two attached hydrogens (primary N) is 4. The van der Waals surface area contributed by atoms with Gasteiger partial charge >= 0.3 is 0 Å². The molecule has 0 rings (SSSR count). The zero-order chi connectivity index (χ0) is 45.9. The molecule has 0 radical (unpaired) electrons. The molecule has 0 aromatic heterocycles. The molecular formula is C37H71N13O10. The zero-order valence-corrected chi connectivity index (χ0v) is 35.8. The maximum Gasteiger partial charge on any atom is 0.245 e. The molecule has 344 valence electrons. The standard InChI is InChI=1S/C37H71N13O10/c1-7-10-28(52)45-27(18-41)31(54)43-19-29(53)44-23(11-14-38)33(56)49-26(17-20(4)5)36(59)46-22(8-2)32(55)47-24(12-15-39)34(57)48-25(13-16-40)35(58)50-30(21(6)51)37(60)42-9-3/h20-27,30,51H,7-19,38-41H2,1-6H3,(H,42,60)(H,43,54)(H,44,53)(H,45,52)(H,46,59)(H,47,55)(H,48,57)(H,49,56)(H,50,58)/t21?,22?,23?,24?,25?,26-,27?,30?/m1/s1. The lowest BCUT2D eigenvalue weighted by Crippen LogP contribution is -2.61. The second-order valence-electron chi connectivity index (χ2n) is 14.6. The lowest BCUT2D eigenvalue weighted by atomic mass is 10.0. The van der Waals surface area contributed by atoms with Crippen LogP contribution < -0.4 is 70.8 Å². The molecule has 8 atom stereocenters. The zero-order valence-electron chi connectivity index (χ0n) is 35.8. The van der Waals surface area contributed by atoms with Gasteiger partial charge in [0, 0.05) is 19.5 Å². The maximum atomic E-state index is 13.6. The van der Waals surface area contributed by atoms with Gasteiger partial charge in [0.2, 0.25) is 53.2 Å². The highest BCUT2D eigenvalue weighted by atomic mass is 16.3. The van der Waals surface area contributed by atoms with Gasteiger partial charge < -0.3 is 75.9 Å². The summed E-state index contributed by atoms with van der Waals surface area (Å²) in [4.78, 5) is 117. The van der Waals surface area contributed by atoms with Gasteiger partial charge in [-0.3, -0.25) is 43.2 Å². The van der Waals surface area contributed by atoms with E-state index in [0.29, 0.717) is 6.42 Å². The minimum atomic E-state index is -1.32. The molecule has 0 fully saturated rings. The largest absolute Gasteiger partial charge is 0.391 e. The van der Waals surface area contributed by atoms with Crippen LogP contribution in [0.5, 0.6) is 0 Å². The molecule has 0 aromatic rings. The van der Waals surface area contributed by atoms with Gasteiger partial charge in [-0.1, -0.05) is 27.7 Å². The van der Waals surface area contributed by atoms with E-state index in [9.17, 15) is 48.3 Å². The van der Waals surface area contributed by atoms with E-state index < -0.39 is 102 Å². The van der Waals surface area contributed by atoms with E-state index in [4.69, 9.17) is 22.9 Å². The van der Waals surface area contributed by atoms with Gasteiger partial charge in [0.1, 0.15) is 42.3 Å². The van der Waals surface area contributed by atoms with Crippen molar-refractivity contribution in [2.45, 2.75) is 135 Å². The first-order valence-corrected chi connectivity index (χ1v) is 20.5. The second kappa shape index (κ2) is 30.1. The Morgan fingerprint density at radius 3 is 1.37 bits per heavy atom. The van der Waals surface area contributed by atoms with Crippen molar-refractivity contribution in [2.75, 3.05) is 39.3 Å². The van der Waals surface area contributed by atoms with Gasteiger partial charge in [0.05, 0.1) is 12.6 Å². The Morgan fingerprint density at radius 1 is 0.500 bits per heavy atom. The smallest absolute Gasteiger partial charge is 0.245 e. The third-order valence-corrected chi connectivity index (χ3v) is 8.87. The molecule has 7 unspecified atom stereocenters. The van der Waals surface area contributed by atoms with Crippen LogP contribution in [0.4, 0.5) is 0 Å². The molecule has 9 amide bonds. The van der Waals surface area contributed by atoms with E-state index in [2.05, 4.69) is 47.9 Å². The van der Waals surface area contributed by atoms with Crippen molar-refractivity contribution in [1.82, 2.24) is 47.9 Å². The normalized spacial score (nSPS) is 15.0. The number of likely N-dealkylation sites (N-methyl/N-ethyl adjacent to an activating group) is 1. The fraction of sp³-hybridized carbons (Fsp3) is 0.757. The molecule has 0 aliphatic heterocycles. The van der Waals surface area contributed by atoms with Crippen molar-refractivity contribution in [3.63, 3.8) is 0 Å². The molecule has 23 nitrogen and oxygen atoms in total. The van der Waals surface area contributed by atoms with Gasteiger partial charge in [-0.2, -0.15) is 0 Å². The van der Waals surface area contributed by atoms with Gasteiger partial charge in [0.15, 0.2) is 0 Å². The monoisotopic (exact) mass is 858 g/mol. The molecular weight excluding hydrogens is 786 g/mol. The average molecular weight is 858 g/mol. The number of rotatable bonds is 30. The van der Waals surface area contributed by atoms with Crippen LogP contribution in [0.3, 0.4) is 0 Å². The number of nitrogens with one attached hydrogen (secondary N) is 9. The van der Waals surface area contributed by atoms with Gasteiger partial charge in [0.25, 0.3) is 0 Å². The summed E-state index contributed by atoms with van der Waals surface area (Å²) in [7, 11) is 0. The molecule has 60 heavy (non-hydrogen) atoms. The molecule has 0 aliphatic carbocycles. The van der Waals surface area contributed by atoms with Crippen LogP contribution in [-0.4, -0.2) is 146 Å². The van der Waals surface area contributed by atoms with Crippen LogP contribution in [0.15, 0.2) is 0 Å². The quantitative estimate of drug-likeness (QED) is 0.0320. The summed E-state index contributed by atoms with van der Waals surface area (Å²) >= 11 is 0. The Morgan fingerprint density at radius 2 is 0.933 bits per heavy atom. The van der Waals surface area contributed by atoms with E-state index in [1.807, 2.05) is 0 Å². The fourth-order valence-corrected chi connectivity index (χ4v) is 5.66. The minimum Gasteiger partial charge on any atom is -0.391 e. The molecule has 18 N–H and O–H groups in total. The first-order chi connectivity index (χ1) is 28.3. The van der Waals surface area contributed by atoms with Crippen molar-refractivity contribution in [3.05, 3.63) is 0 Å². The van der Waals surface area contributed by atoms with Crippen molar-refractivity contribution in [3.8, 4) is 0 Å². The van der Waals surface area contributed by atoms with E-state index in [-0.39, 0.29) is 83.1 Å². The molecule has 0 saturated carbocycles. The SMILES string of the molecule is CCCC(=O)NC(CN)C(=O)NCC(=O)NC(CCN)C(=O)N[C@H](CC(C)C)C(=O)NC(CC)C(=O)NC(CCN)C(=O)NC(CCN)C(=O)NC(C(=O)NCC)C(C)O. The van der Waals surface area contributed by atoms with E-state index in [1.165, 1.54) is 6.92 Å². The summed E-state index contributed by atoms with van der Waals surface area (Å²) in [5, 5.41) is 32.7. The molecule has 0 saturated heterocycles. The molecule has 0 heterocycles. The van der Waals surface area contributed by atoms with Crippen molar-refractivity contribution in [2.24, 2.45) is 28.9 Å². The topological polar surface area (TPSA) is 386 Å². The number of carbonyl (C=O) groups excluding carboxylic acids is 9. The highest BCUT2D eigenvalue weighted by Gasteiger charge is 2.34. The Balaban J connectivity index is 5.85. The summed E-state index contributed by atoms with van der Waals surface area (Å²) in [6.07, 6.45) is -0.502. The Kier molecular flexibility index (Phi) is 27.6. The lowest BCUT2D eigenvalue weighted by Gasteiger charge is -2.28. The second-order valence-corrected chi connectivity index (χ2v) is 14.6. The molecule has 0 bridgehead atoms. The number of carbonyl (C=O) groups is 9. The lowest BCUT2D eigenvalue weighted by molar-refractivity contribution is -0.136. The van der Waals surface area contributed by atoms with E-state index >= 15 is 0 Å². The Bertz CT molecular complexity index is 1420. The predicted molar refractivity (Wildman–Crippen MR) is 222 cm³/mol. The highest BCUT2D eigenvalue weighted by Crippen LogP contribution is 2.08. The maximum absolute atomic E-state index is 13.6. The van der Waals surface area contributed by atoms with Crippen LogP contribution in [0.1, 0.15) is 86.5 Å². The Hall–Kier alpha value is -4.97. The number of amides is 9. The summed E-state index contributed by atoms with van der Waals surface area (Å²) < 4.78 is 0. The van der Waals surface area contributed by atoms with Crippen LogP contribution in [0.25, 0.3) is 0 Å². The fourth-order valence-electron chi connectivity index (χ4n) is 5.66. The summed E-state index contributed by atoms with van der Waals surface area (Å²) in [6, 6.07) is -8.51. The van der Waals surface area contributed by atoms with Gasteiger partial charge in [-0.05, 0) is 77.9 Å². The number of hydrogen-bond donors (Lipinski definition) is 14. The van der Waals surface area contributed by atoms with Gasteiger partial charge in [-0.25, -0.2) is 0 Å². The van der Waals surface area contributed by atoms with Crippen LogP contribution in [0, 0.1) is 5.92 Å². The van der Waals surface area contributed by atoms with Crippen molar-refractivity contribution < 1.29 is 48.3 Å². The number of hydrogen-bond acceptors (Lipinski definition) is 14. The summed E-state index contributed by atoms with van der Waals surface area (Å²) in [5.74, 6) is -6.46. The summed E-state index contributed by atoms with van der Waals surface area (Å²) in [5.41, 5.74) is 22.7. The third-order valence-electron chi connectivity index (χ3n) is 8.87. The third kappa shape index (κ3) is 20.8. The molecule has 23 heteroatoms. The number of aliphatic hydroxyl groups excluding tert-OH is 1. The van der Waals surface area contributed by atoms with E-state index in [0.717, 1.165) is 0 Å². The van der Waals surface area contributed by atoms with Crippen LogP contribution >= 0.6 is 0 Å². The van der Waals surface area contributed by atoms with Crippen molar-refractivity contribution in [1.29, 1.82) is 0 Å². The molecule has 0 aliphatic rings.